The number of nitriles is 1. The van der Waals surface area contributed by atoms with Gasteiger partial charge in [-0.15, -0.1) is 0 Å². The largest absolute Gasteiger partial charge is 0.302 e. The van der Waals surface area contributed by atoms with Crippen LogP contribution in [0.2, 0.25) is 0 Å². The quantitative estimate of drug-likeness (QED) is 0.709. The second kappa shape index (κ2) is 6.21. The summed E-state index contributed by atoms with van der Waals surface area (Å²) >= 11 is 0. The maximum absolute atomic E-state index is 11.2. The molecule has 0 aromatic rings. The summed E-state index contributed by atoms with van der Waals surface area (Å²) in [5.41, 5.74) is -0.541. The first-order valence-electron chi connectivity index (χ1n) is 6.74. The molecule has 0 radical (unpaired) electrons. The Balaban J connectivity index is 2.65. The Morgan fingerprint density at radius 2 is 2.05 bits per heavy atom. The molecule has 0 saturated heterocycles. The topological polar surface area (TPSA) is 73.2 Å². The lowest BCUT2D eigenvalue weighted by Crippen LogP contribution is -2.56. The summed E-state index contributed by atoms with van der Waals surface area (Å²) in [6.45, 7) is 5.10. The van der Waals surface area contributed by atoms with Crippen molar-refractivity contribution in [2.75, 3.05) is 32.1 Å². The van der Waals surface area contributed by atoms with Crippen LogP contribution in [0.4, 0.5) is 0 Å². The summed E-state index contributed by atoms with van der Waals surface area (Å²) in [6.07, 6.45) is 3.39. The molecule has 5 nitrogen and oxygen atoms in total. The highest BCUT2D eigenvalue weighted by atomic mass is 32.2. The van der Waals surface area contributed by atoms with E-state index in [1.165, 1.54) is 6.26 Å². The highest BCUT2D eigenvalue weighted by Gasteiger charge is 2.46. The monoisotopic (exact) mass is 287 g/mol. The number of hydrogen-bond acceptors (Lipinski definition) is 5. The van der Waals surface area contributed by atoms with Crippen molar-refractivity contribution in [3.63, 3.8) is 0 Å². The van der Waals surface area contributed by atoms with Gasteiger partial charge in [0.15, 0.2) is 0 Å². The van der Waals surface area contributed by atoms with Crippen LogP contribution in [0.1, 0.15) is 26.7 Å². The lowest BCUT2D eigenvalue weighted by molar-refractivity contribution is 0.225. The van der Waals surface area contributed by atoms with Crippen LogP contribution in [-0.4, -0.2) is 57.0 Å². The fourth-order valence-electron chi connectivity index (χ4n) is 2.37. The molecule has 1 atom stereocenters. The minimum Gasteiger partial charge on any atom is -0.302 e. The molecule has 0 spiro atoms. The molecule has 1 aliphatic rings. The van der Waals surface area contributed by atoms with Gasteiger partial charge in [0, 0.05) is 25.4 Å². The van der Waals surface area contributed by atoms with Crippen LogP contribution >= 0.6 is 0 Å². The lowest BCUT2D eigenvalue weighted by Gasteiger charge is -2.34. The molecule has 0 amide bonds. The Morgan fingerprint density at radius 3 is 2.42 bits per heavy atom. The summed E-state index contributed by atoms with van der Waals surface area (Å²) in [7, 11) is -1.08. The van der Waals surface area contributed by atoms with Crippen molar-refractivity contribution < 1.29 is 8.42 Å². The van der Waals surface area contributed by atoms with Crippen molar-refractivity contribution in [3.05, 3.63) is 0 Å². The van der Waals surface area contributed by atoms with Crippen LogP contribution in [0.3, 0.4) is 0 Å². The van der Waals surface area contributed by atoms with Crippen LogP contribution in [0.15, 0.2) is 0 Å². The number of rotatable bonds is 8. The molecule has 1 rings (SSSR count). The van der Waals surface area contributed by atoms with E-state index in [0.29, 0.717) is 19.0 Å². The molecule has 0 aromatic carbocycles. The fraction of sp³-hybridized carbons (Fsp3) is 0.923. The van der Waals surface area contributed by atoms with Crippen molar-refractivity contribution in [3.8, 4) is 6.07 Å². The third-order valence-electron chi connectivity index (χ3n) is 3.38. The smallest absolute Gasteiger partial charge is 0.148 e. The highest BCUT2D eigenvalue weighted by Crippen LogP contribution is 2.40. The first kappa shape index (κ1) is 16.4. The molecular formula is C13H25N3O2S. The van der Waals surface area contributed by atoms with E-state index in [9.17, 15) is 13.7 Å². The molecule has 110 valence electrons. The van der Waals surface area contributed by atoms with E-state index >= 15 is 0 Å². The molecular weight excluding hydrogens is 262 g/mol. The zero-order valence-corrected chi connectivity index (χ0v) is 13.1. The summed E-state index contributed by atoms with van der Waals surface area (Å²) in [4.78, 5) is 1.94. The summed E-state index contributed by atoms with van der Waals surface area (Å²) in [6, 6.07) is 2.67. The predicted molar refractivity (Wildman–Crippen MR) is 76.5 cm³/mol. The van der Waals surface area contributed by atoms with Crippen LogP contribution in [0.5, 0.6) is 0 Å². The van der Waals surface area contributed by atoms with Gasteiger partial charge in [-0.2, -0.15) is 5.26 Å². The second-order valence-electron chi connectivity index (χ2n) is 6.02. The molecule has 0 aromatic heterocycles. The van der Waals surface area contributed by atoms with Gasteiger partial charge in [-0.3, -0.25) is 5.32 Å². The van der Waals surface area contributed by atoms with E-state index in [1.54, 1.807) is 0 Å². The molecule has 1 fully saturated rings. The normalized spacial score (nSPS) is 19.4. The van der Waals surface area contributed by atoms with E-state index in [0.717, 1.165) is 12.8 Å². The Kier molecular flexibility index (Phi) is 5.36. The van der Waals surface area contributed by atoms with Crippen LogP contribution in [-0.2, 0) is 9.84 Å². The SMILES string of the molecule is CC(C)NC(C#N)(CN(C)CCS(C)(=O)=O)C1CC1. The minimum atomic E-state index is -2.95. The fourth-order valence-corrected chi connectivity index (χ4v) is 3.01. The van der Waals surface area contributed by atoms with Gasteiger partial charge in [-0.25, -0.2) is 8.42 Å². The van der Waals surface area contributed by atoms with Crippen LogP contribution < -0.4 is 5.32 Å². The molecule has 1 N–H and O–H groups in total. The first-order valence-corrected chi connectivity index (χ1v) is 8.80. The predicted octanol–water partition coefficient (Wildman–Crippen LogP) is 0.633. The van der Waals surface area contributed by atoms with E-state index in [-0.39, 0.29) is 11.8 Å². The zero-order chi connectivity index (χ0) is 14.7. The third kappa shape index (κ3) is 5.47. The average Bonchev–Trinajstić information content (AvgIpc) is 3.07. The van der Waals surface area contributed by atoms with E-state index < -0.39 is 15.4 Å². The second-order valence-corrected chi connectivity index (χ2v) is 8.28. The molecule has 0 heterocycles. The van der Waals surface area contributed by atoms with Crippen molar-refractivity contribution >= 4 is 9.84 Å². The third-order valence-corrected chi connectivity index (χ3v) is 4.31. The van der Waals surface area contributed by atoms with Crippen molar-refractivity contribution in [1.82, 2.24) is 10.2 Å². The molecule has 1 unspecified atom stereocenters. The summed E-state index contributed by atoms with van der Waals surface area (Å²) in [5.74, 6) is 0.526. The minimum absolute atomic E-state index is 0.136. The van der Waals surface area contributed by atoms with Gasteiger partial charge in [0.05, 0.1) is 11.8 Å². The van der Waals surface area contributed by atoms with Gasteiger partial charge < -0.3 is 4.90 Å². The number of hydrogen-bond donors (Lipinski definition) is 1. The van der Waals surface area contributed by atoms with Crippen LogP contribution in [0.25, 0.3) is 0 Å². The molecule has 1 aliphatic carbocycles. The lowest BCUT2D eigenvalue weighted by atomic mass is 9.93. The first-order chi connectivity index (χ1) is 8.68. The zero-order valence-electron chi connectivity index (χ0n) is 12.3. The summed E-state index contributed by atoms with van der Waals surface area (Å²) < 4.78 is 22.4. The van der Waals surface area contributed by atoms with Gasteiger partial charge in [0.1, 0.15) is 15.4 Å². The van der Waals surface area contributed by atoms with E-state index in [1.807, 2.05) is 25.8 Å². The van der Waals surface area contributed by atoms with E-state index in [4.69, 9.17) is 0 Å². The van der Waals surface area contributed by atoms with Gasteiger partial charge in [0.2, 0.25) is 0 Å². The molecule has 0 aliphatic heterocycles. The van der Waals surface area contributed by atoms with Crippen molar-refractivity contribution in [2.24, 2.45) is 5.92 Å². The van der Waals surface area contributed by atoms with Gasteiger partial charge in [0.25, 0.3) is 0 Å². The van der Waals surface area contributed by atoms with E-state index in [2.05, 4.69) is 11.4 Å². The molecule has 0 bridgehead atoms. The van der Waals surface area contributed by atoms with Gasteiger partial charge in [-0.05, 0) is 39.7 Å². The number of likely N-dealkylation sites (N-methyl/N-ethyl adjacent to an activating group) is 1. The van der Waals surface area contributed by atoms with Crippen LogP contribution in [0, 0.1) is 17.2 Å². The van der Waals surface area contributed by atoms with Crippen molar-refractivity contribution in [1.29, 1.82) is 5.26 Å². The maximum Gasteiger partial charge on any atom is 0.148 e. The molecule has 6 heteroatoms. The number of nitrogens with one attached hydrogen (secondary N) is 1. The Morgan fingerprint density at radius 1 is 1.47 bits per heavy atom. The average molecular weight is 287 g/mol. The standard InChI is InChI=1S/C13H25N3O2S/c1-11(2)15-13(9-14,12-5-6-12)10-16(3)7-8-19(4,17)18/h11-12,15H,5-8,10H2,1-4H3. The molecule has 19 heavy (non-hydrogen) atoms. The highest BCUT2D eigenvalue weighted by molar-refractivity contribution is 7.90. The van der Waals surface area contributed by atoms with Crippen molar-refractivity contribution in [2.45, 2.75) is 38.3 Å². The summed E-state index contributed by atoms with van der Waals surface area (Å²) in [5, 5.41) is 12.9. The molecule has 1 saturated carbocycles. The number of sulfone groups is 1. The maximum atomic E-state index is 11.2. The Hall–Kier alpha value is -0.640. The Labute approximate surface area is 116 Å². The van der Waals surface area contributed by atoms with Gasteiger partial charge in [-0.1, -0.05) is 0 Å². The number of nitrogens with zero attached hydrogens (tertiary/aromatic N) is 2. The Bertz CT molecular complexity index is 437. The van der Waals surface area contributed by atoms with Gasteiger partial charge >= 0.3 is 0 Å².